The fourth-order valence-electron chi connectivity index (χ4n) is 5.62. The summed E-state index contributed by atoms with van der Waals surface area (Å²) in [6.07, 6.45) is 4.82. The number of rotatable bonds is 6. The van der Waals surface area contributed by atoms with Gasteiger partial charge in [0.15, 0.2) is 5.17 Å². The van der Waals surface area contributed by atoms with Gasteiger partial charge >= 0.3 is 0 Å². The smallest absolute Gasteiger partial charge is 0.253 e. The highest BCUT2D eigenvalue weighted by Gasteiger charge is 2.45. The highest BCUT2D eigenvalue weighted by atomic mass is 35.5. The number of ether oxygens (including phenoxy) is 1. The number of methoxy groups -OCH3 is 1. The number of thioether (sulfide) groups is 1. The topological polar surface area (TPSA) is 45.1 Å². The van der Waals surface area contributed by atoms with Gasteiger partial charge in [-0.15, -0.1) is 6.58 Å². The second-order valence-electron chi connectivity index (χ2n) is 9.65. The van der Waals surface area contributed by atoms with Gasteiger partial charge < -0.3 is 14.5 Å². The number of aliphatic imine (C=N–C) groups is 1. The summed E-state index contributed by atoms with van der Waals surface area (Å²) in [5.74, 6) is 0.943. The van der Waals surface area contributed by atoms with Crippen molar-refractivity contribution < 1.29 is 9.53 Å². The highest BCUT2D eigenvalue weighted by Crippen LogP contribution is 2.51. The van der Waals surface area contributed by atoms with Gasteiger partial charge in [-0.05, 0) is 54.7 Å². The van der Waals surface area contributed by atoms with Crippen molar-refractivity contribution in [3.05, 3.63) is 88.5 Å². The molecule has 0 N–H and O–H groups in total. The first kappa shape index (κ1) is 25.1. The van der Waals surface area contributed by atoms with Crippen LogP contribution in [0.1, 0.15) is 34.3 Å². The van der Waals surface area contributed by atoms with E-state index in [0.29, 0.717) is 17.2 Å². The van der Waals surface area contributed by atoms with Crippen molar-refractivity contribution in [1.82, 2.24) is 9.80 Å². The predicted molar refractivity (Wildman–Crippen MR) is 150 cm³/mol. The summed E-state index contributed by atoms with van der Waals surface area (Å²) in [5.41, 5.74) is 5.86. The zero-order valence-corrected chi connectivity index (χ0v) is 22.3. The van der Waals surface area contributed by atoms with Crippen LogP contribution in [0.3, 0.4) is 0 Å². The maximum atomic E-state index is 13.2. The zero-order chi connectivity index (χ0) is 25.1. The molecular formula is C29H32ClN3O2S. The Morgan fingerprint density at radius 1 is 1.19 bits per heavy atom. The molecule has 2 aromatic rings. The van der Waals surface area contributed by atoms with Gasteiger partial charge in [-0.2, -0.15) is 0 Å². The standard InChI is InChI=1S/C29H32ClN3O2S/c1-3-14-33-20-25-26(31-28(33)36-18-17-35-2)24-7-5-4-6-22(24)19-29(25)12-15-32(16-13-29)27(34)21-8-10-23(30)11-9-21/h3-11H,1,12-20H2,2H3. The first-order valence-corrected chi connectivity index (χ1v) is 13.8. The molecule has 1 fully saturated rings. The zero-order valence-electron chi connectivity index (χ0n) is 20.7. The van der Waals surface area contributed by atoms with Gasteiger partial charge in [-0.25, -0.2) is 4.99 Å². The fourth-order valence-corrected chi connectivity index (χ4v) is 6.65. The number of piperidine rings is 1. The van der Waals surface area contributed by atoms with Crippen molar-refractivity contribution in [2.75, 3.05) is 45.6 Å². The summed E-state index contributed by atoms with van der Waals surface area (Å²) in [6.45, 7) is 7.76. The number of benzene rings is 2. The number of amidine groups is 1. The largest absolute Gasteiger partial charge is 0.384 e. The molecule has 0 atom stereocenters. The third-order valence-corrected chi connectivity index (χ3v) is 8.75. The van der Waals surface area contributed by atoms with Crippen LogP contribution in [0.15, 0.2) is 71.8 Å². The molecule has 1 spiro atoms. The second-order valence-corrected chi connectivity index (χ2v) is 11.1. The molecule has 1 saturated heterocycles. The molecule has 1 amide bonds. The van der Waals surface area contributed by atoms with E-state index >= 15 is 0 Å². The van der Waals surface area contributed by atoms with Crippen LogP contribution in [0.25, 0.3) is 5.70 Å². The maximum absolute atomic E-state index is 13.2. The number of likely N-dealkylation sites (tertiary alicyclic amines) is 1. The third kappa shape index (κ3) is 4.86. The van der Waals surface area contributed by atoms with Crippen molar-refractivity contribution in [2.24, 2.45) is 10.4 Å². The molecule has 3 aliphatic rings. The minimum atomic E-state index is 0.00606. The van der Waals surface area contributed by atoms with Crippen molar-refractivity contribution in [3.8, 4) is 0 Å². The van der Waals surface area contributed by atoms with E-state index in [4.69, 9.17) is 21.3 Å². The van der Waals surface area contributed by atoms with Crippen LogP contribution in [0.4, 0.5) is 0 Å². The molecule has 0 unspecified atom stereocenters. The first-order chi connectivity index (χ1) is 17.5. The quantitative estimate of drug-likeness (QED) is 0.358. The normalized spacial score (nSPS) is 18.6. The Morgan fingerprint density at radius 2 is 1.94 bits per heavy atom. The van der Waals surface area contributed by atoms with Crippen LogP contribution < -0.4 is 0 Å². The van der Waals surface area contributed by atoms with Gasteiger partial charge in [-0.3, -0.25) is 4.79 Å². The van der Waals surface area contributed by atoms with Crippen molar-refractivity contribution in [1.29, 1.82) is 0 Å². The lowest BCUT2D eigenvalue weighted by Crippen LogP contribution is -2.49. The maximum Gasteiger partial charge on any atom is 0.253 e. The molecule has 2 heterocycles. The Hall–Kier alpha value is -2.54. The van der Waals surface area contributed by atoms with Crippen molar-refractivity contribution >= 4 is 40.1 Å². The Balaban J connectivity index is 1.45. The minimum absolute atomic E-state index is 0.00606. The SMILES string of the molecule is C=CCN1CC2=C(N=C1SCCOC)c1ccccc1CC21CCN(C(=O)c2ccc(Cl)cc2)CC1. The number of fused-ring (bicyclic) bond motifs is 3. The molecule has 188 valence electrons. The van der Waals surface area contributed by atoms with Crippen LogP contribution >= 0.6 is 23.4 Å². The van der Waals surface area contributed by atoms with E-state index in [1.807, 2.05) is 23.1 Å². The Bertz CT molecular complexity index is 1200. The van der Waals surface area contributed by atoms with Crippen LogP contribution in [-0.2, 0) is 11.2 Å². The fraction of sp³-hybridized carbons (Fsp3) is 0.379. The average molecular weight is 522 g/mol. The van der Waals surface area contributed by atoms with Gasteiger partial charge in [0.25, 0.3) is 5.91 Å². The van der Waals surface area contributed by atoms with Crippen LogP contribution in [-0.4, -0.2) is 66.5 Å². The Morgan fingerprint density at radius 3 is 2.67 bits per heavy atom. The van der Waals surface area contributed by atoms with E-state index in [-0.39, 0.29) is 11.3 Å². The van der Waals surface area contributed by atoms with Gasteiger partial charge in [0.05, 0.1) is 12.3 Å². The molecule has 36 heavy (non-hydrogen) atoms. The number of nitrogens with zero attached hydrogens (tertiary/aromatic N) is 3. The van der Waals surface area contributed by atoms with E-state index in [1.165, 1.54) is 16.7 Å². The molecule has 1 aliphatic carbocycles. The third-order valence-electron chi connectivity index (χ3n) is 7.52. The van der Waals surface area contributed by atoms with Crippen molar-refractivity contribution in [3.63, 3.8) is 0 Å². The monoisotopic (exact) mass is 521 g/mol. The van der Waals surface area contributed by atoms with Gasteiger partial charge in [0.2, 0.25) is 0 Å². The Labute approximate surface area is 222 Å². The molecule has 5 rings (SSSR count). The second kappa shape index (κ2) is 10.8. The molecule has 0 radical (unpaired) electrons. The highest BCUT2D eigenvalue weighted by molar-refractivity contribution is 8.13. The molecule has 0 saturated carbocycles. The lowest BCUT2D eigenvalue weighted by molar-refractivity contribution is 0.0620. The molecule has 5 nitrogen and oxygen atoms in total. The number of hydrogen-bond acceptors (Lipinski definition) is 5. The van der Waals surface area contributed by atoms with Gasteiger partial charge in [-0.1, -0.05) is 53.7 Å². The summed E-state index contributed by atoms with van der Waals surface area (Å²) in [5, 5.41) is 1.68. The summed E-state index contributed by atoms with van der Waals surface area (Å²) in [7, 11) is 1.73. The minimum Gasteiger partial charge on any atom is -0.384 e. The number of halogens is 1. The lowest BCUT2D eigenvalue weighted by Gasteiger charge is -2.49. The number of hydrogen-bond donors (Lipinski definition) is 0. The summed E-state index contributed by atoms with van der Waals surface area (Å²) in [6, 6.07) is 15.9. The summed E-state index contributed by atoms with van der Waals surface area (Å²) >= 11 is 7.77. The average Bonchev–Trinajstić information content (AvgIpc) is 2.90. The first-order valence-electron chi connectivity index (χ1n) is 12.5. The number of carbonyl (C=O) groups excluding carboxylic acids is 1. The summed E-state index contributed by atoms with van der Waals surface area (Å²) in [4.78, 5) is 22.8. The van der Waals surface area contributed by atoms with Crippen LogP contribution in [0.5, 0.6) is 0 Å². The lowest BCUT2D eigenvalue weighted by atomic mass is 9.63. The van der Waals surface area contributed by atoms with Gasteiger partial charge in [0.1, 0.15) is 0 Å². The van der Waals surface area contributed by atoms with E-state index < -0.39 is 0 Å². The Kier molecular flexibility index (Phi) is 7.56. The molecule has 2 aromatic carbocycles. The van der Waals surface area contributed by atoms with E-state index in [2.05, 4.69) is 35.7 Å². The van der Waals surface area contributed by atoms with Crippen molar-refractivity contribution in [2.45, 2.75) is 19.3 Å². The van der Waals surface area contributed by atoms with E-state index in [0.717, 1.165) is 62.1 Å². The molecule has 0 bridgehead atoms. The van der Waals surface area contributed by atoms with Gasteiger partial charge in [0, 0.05) is 60.6 Å². The van der Waals surface area contributed by atoms with Crippen LogP contribution in [0, 0.1) is 5.41 Å². The molecule has 7 heteroatoms. The summed E-state index contributed by atoms with van der Waals surface area (Å²) < 4.78 is 5.28. The van der Waals surface area contributed by atoms with Crippen LogP contribution in [0.2, 0.25) is 5.02 Å². The van der Waals surface area contributed by atoms with E-state index in [1.54, 1.807) is 31.0 Å². The molecular weight excluding hydrogens is 490 g/mol. The number of carbonyl (C=O) groups is 1. The number of amides is 1. The molecule has 2 aliphatic heterocycles. The van der Waals surface area contributed by atoms with E-state index in [9.17, 15) is 4.79 Å². The molecule has 0 aromatic heterocycles. The predicted octanol–water partition coefficient (Wildman–Crippen LogP) is 5.77.